The summed E-state index contributed by atoms with van der Waals surface area (Å²) in [7, 11) is 0. The van der Waals surface area contributed by atoms with Crippen LogP contribution in [0.3, 0.4) is 0 Å². The lowest BCUT2D eigenvalue weighted by molar-refractivity contribution is -0.142. The molecule has 9 heteroatoms. The van der Waals surface area contributed by atoms with Gasteiger partial charge in [-0.15, -0.1) is 10.2 Å². The minimum Gasteiger partial charge on any atom is -0.368 e. The van der Waals surface area contributed by atoms with Gasteiger partial charge in [-0.1, -0.05) is 0 Å². The maximum Gasteiger partial charge on any atom is 0.251 e. The van der Waals surface area contributed by atoms with Gasteiger partial charge < -0.3 is 24.4 Å². The molecule has 0 aliphatic carbocycles. The number of nitrogens with zero attached hydrogens (tertiary/aromatic N) is 6. The molecule has 2 aliphatic rings. The van der Waals surface area contributed by atoms with Gasteiger partial charge >= 0.3 is 0 Å². The van der Waals surface area contributed by atoms with Gasteiger partial charge in [0.15, 0.2) is 5.96 Å². The maximum atomic E-state index is 12.5. The van der Waals surface area contributed by atoms with Crippen LogP contribution in [-0.2, 0) is 16.1 Å². The van der Waals surface area contributed by atoms with Crippen LogP contribution in [0.15, 0.2) is 17.6 Å². The highest BCUT2D eigenvalue weighted by Gasteiger charge is 2.30. The first kappa shape index (κ1) is 19.6. The Labute approximate surface area is 160 Å². The molecule has 1 N–H and O–H groups in total. The summed E-state index contributed by atoms with van der Waals surface area (Å²) < 4.78 is 7.52. The van der Waals surface area contributed by atoms with Gasteiger partial charge in [-0.2, -0.15) is 0 Å². The minimum absolute atomic E-state index is 0.156. The molecule has 3 heterocycles. The lowest BCUT2D eigenvalue weighted by atomic mass is 10.2. The van der Waals surface area contributed by atoms with E-state index in [9.17, 15) is 4.79 Å². The van der Waals surface area contributed by atoms with Gasteiger partial charge in [-0.05, 0) is 32.6 Å². The van der Waals surface area contributed by atoms with E-state index in [1.54, 1.807) is 12.7 Å². The van der Waals surface area contributed by atoms with Crippen LogP contribution in [0, 0.1) is 0 Å². The average Bonchev–Trinajstić information content (AvgIpc) is 3.40. The Morgan fingerprint density at radius 3 is 2.59 bits per heavy atom. The van der Waals surface area contributed by atoms with Gasteiger partial charge in [0.05, 0.1) is 0 Å². The van der Waals surface area contributed by atoms with E-state index in [1.165, 1.54) is 0 Å². The predicted octanol–water partition coefficient (Wildman–Crippen LogP) is 0.347. The Balaban J connectivity index is 1.42. The number of carbonyl (C=O) groups excluding carboxylic acids is 1. The SMILES string of the molecule is CCNC(=NCCCCn1cnnc1)N1CCN(C(=O)C2CCCO2)CC1. The first-order chi connectivity index (χ1) is 13.3. The van der Waals surface area contributed by atoms with Gasteiger partial charge in [0.2, 0.25) is 0 Å². The van der Waals surface area contributed by atoms with Crippen molar-refractivity contribution in [2.75, 3.05) is 45.9 Å². The van der Waals surface area contributed by atoms with Crippen LogP contribution in [0.1, 0.15) is 32.6 Å². The third-order valence-corrected chi connectivity index (χ3v) is 4.98. The molecule has 0 aromatic carbocycles. The van der Waals surface area contributed by atoms with Crippen molar-refractivity contribution in [2.45, 2.75) is 45.3 Å². The highest BCUT2D eigenvalue weighted by molar-refractivity contribution is 5.82. The third kappa shape index (κ3) is 5.66. The first-order valence-electron chi connectivity index (χ1n) is 10.0. The van der Waals surface area contributed by atoms with E-state index >= 15 is 0 Å². The van der Waals surface area contributed by atoms with Crippen LogP contribution in [0.4, 0.5) is 0 Å². The van der Waals surface area contributed by atoms with Gasteiger partial charge in [0.25, 0.3) is 5.91 Å². The number of aromatic nitrogens is 3. The second kappa shape index (κ2) is 10.2. The zero-order chi connectivity index (χ0) is 18.9. The molecule has 3 rings (SSSR count). The number of hydrogen-bond donors (Lipinski definition) is 1. The summed E-state index contributed by atoms with van der Waals surface area (Å²) in [5, 5.41) is 11.0. The van der Waals surface area contributed by atoms with Crippen LogP contribution in [0.5, 0.6) is 0 Å². The first-order valence-corrected chi connectivity index (χ1v) is 10.0. The van der Waals surface area contributed by atoms with E-state index in [2.05, 4.69) is 27.3 Å². The normalized spacial score (nSPS) is 20.9. The van der Waals surface area contributed by atoms with Crippen molar-refractivity contribution in [2.24, 2.45) is 4.99 Å². The molecule has 2 fully saturated rings. The number of rotatable bonds is 7. The molecule has 1 unspecified atom stereocenters. The molecule has 150 valence electrons. The fourth-order valence-corrected chi connectivity index (χ4v) is 3.47. The Morgan fingerprint density at radius 2 is 1.93 bits per heavy atom. The van der Waals surface area contributed by atoms with E-state index in [0.717, 1.165) is 77.5 Å². The maximum absolute atomic E-state index is 12.5. The smallest absolute Gasteiger partial charge is 0.251 e. The lowest BCUT2D eigenvalue weighted by Crippen LogP contribution is -2.55. The number of carbonyl (C=O) groups is 1. The minimum atomic E-state index is -0.218. The monoisotopic (exact) mass is 377 g/mol. The number of amides is 1. The van der Waals surface area contributed by atoms with Crippen molar-refractivity contribution < 1.29 is 9.53 Å². The molecule has 2 aliphatic heterocycles. The van der Waals surface area contributed by atoms with Crippen molar-refractivity contribution in [1.29, 1.82) is 0 Å². The van der Waals surface area contributed by atoms with E-state index < -0.39 is 0 Å². The Bertz CT molecular complexity index is 591. The summed E-state index contributed by atoms with van der Waals surface area (Å²) in [6.07, 6.45) is 7.18. The molecule has 1 amide bonds. The molecular weight excluding hydrogens is 346 g/mol. The van der Waals surface area contributed by atoms with Gasteiger partial charge in [-0.3, -0.25) is 9.79 Å². The van der Waals surface area contributed by atoms with Crippen molar-refractivity contribution >= 4 is 11.9 Å². The quantitative estimate of drug-likeness (QED) is 0.419. The predicted molar refractivity (Wildman–Crippen MR) is 102 cm³/mol. The highest BCUT2D eigenvalue weighted by atomic mass is 16.5. The summed E-state index contributed by atoms with van der Waals surface area (Å²) in [6, 6.07) is 0. The van der Waals surface area contributed by atoms with Crippen LogP contribution < -0.4 is 5.32 Å². The van der Waals surface area contributed by atoms with Crippen molar-refractivity contribution in [1.82, 2.24) is 29.9 Å². The molecule has 0 radical (unpaired) electrons. The Hall–Kier alpha value is -2.16. The number of unbranched alkanes of at least 4 members (excludes halogenated alkanes) is 1. The lowest BCUT2D eigenvalue weighted by Gasteiger charge is -2.37. The molecule has 0 spiro atoms. The molecule has 1 aromatic rings. The molecule has 0 saturated carbocycles. The van der Waals surface area contributed by atoms with Crippen LogP contribution in [0.2, 0.25) is 0 Å². The fraction of sp³-hybridized carbons (Fsp3) is 0.778. The molecule has 1 atom stereocenters. The second-order valence-electron chi connectivity index (χ2n) is 6.96. The number of aliphatic imine (C=N–C) groups is 1. The van der Waals surface area contributed by atoms with E-state index in [1.807, 2.05) is 9.47 Å². The van der Waals surface area contributed by atoms with Crippen LogP contribution in [-0.4, -0.2) is 88.4 Å². The number of hydrogen-bond acceptors (Lipinski definition) is 5. The number of piperazine rings is 1. The molecular formula is C18H31N7O2. The summed E-state index contributed by atoms with van der Waals surface area (Å²) in [4.78, 5) is 21.4. The highest BCUT2D eigenvalue weighted by Crippen LogP contribution is 2.16. The van der Waals surface area contributed by atoms with Crippen LogP contribution >= 0.6 is 0 Å². The van der Waals surface area contributed by atoms with Crippen LogP contribution in [0.25, 0.3) is 0 Å². The Kier molecular flexibility index (Phi) is 7.44. The number of nitrogens with one attached hydrogen (secondary N) is 1. The van der Waals surface area contributed by atoms with Gasteiger partial charge in [0.1, 0.15) is 18.8 Å². The zero-order valence-corrected chi connectivity index (χ0v) is 16.2. The van der Waals surface area contributed by atoms with Gasteiger partial charge in [-0.25, -0.2) is 0 Å². The van der Waals surface area contributed by atoms with Gasteiger partial charge in [0, 0.05) is 52.4 Å². The molecule has 0 bridgehead atoms. The molecule has 2 saturated heterocycles. The zero-order valence-electron chi connectivity index (χ0n) is 16.2. The Morgan fingerprint density at radius 1 is 1.19 bits per heavy atom. The number of guanidine groups is 1. The summed E-state index contributed by atoms with van der Waals surface area (Å²) >= 11 is 0. The number of ether oxygens (including phenoxy) is 1. The van der Waals surface area contributed by atoms with Crippen molar-refractivity contribution in [3.63, 3.8) is 0 Å². The standard InChI is InChI=1S/C18H31N7O2/c1-2-19-18(20-7-3-4-8-23-14-21-22-15-23)25-11-9-24(10-12-25)17(26)16-6-5-13-27-16/h14-16H,2-13H2,1H3,(H,19,20). The molecule has 9 nitrogen and oxygen atoms in total. The summed E-state index contributed by atoms with van der Waals surface area (Å²) in [5.41, 5.74) is 0. The van der Waals surface area contributed by atoms with E-state index in [0.29, 0.717) is 6.61 Å². The largest absolute Gasteiger partial charge is 0.368 e. The average molecular weight is 377 g/mol. The molecule has 27 heavy (non-hydrogen) atoms. The topological polar surface area (TPSA) is 87.9 Å². The van der Waals surface area contributed by atoms with E-state index in [-0.39, 0.29) is 12.0 Å². The fourth-order valence-electron chi connectivity index (χ4n) is 3.47. The second-order valence-corrected chi connectivity index (χ2v) is 6.96. The summed E-state index contributed by atoms with van der Waals surface area (Å²) in [5.74, 6) is 1.11. The van der Waals surface area contributed by atoms with Crippen molar-refractivity contribution in [3.8, 4) is 0 Å². The number of aryl methyl sites for hydroxylation is 1. The van der Waals surface area contributed by atoms with Crippen molar-refractivity contribution in [3.05, 3.63) is 12.7 Å². The summed E-state index contributed by atoms with van der Waals surface area (Å²) in [6.45, 7) is 8.43. The third-order valence-electron chi connectivity index (χ3n) is 4.98. The van der Waals surface area contributed by atoms with E-state index in [4.69, 9.17) is 9.73 Å². The molecule has 1 aromatic heterocycles.